The highest BCUT2D eigenvalue weighted by Crippen LogP contribution is 2.39. The number of nitro groups is 2. The summed E-state index contributed by atoms with van der Waals surface area (Å²) in [5.41, 5.74) is -1.50. The molecular weight excluding hydrogens is 499 g/mol. The van der Waals surface area contributed by atoms with Crippen LogP contribution in [0.25, 0.3) is 6.08 Å². The normalized spacial score (nSPS) is 14.3. The molecule has 0 spiro atoms. The number of cyclic esters (lactones) is 1. The predicted molar refractivity (Wildman–Crippen MR) is 123 cm³/mol. The maximum absolute atomic E-state index is 13.0. The van der Waals surface area contributed by atoms with Crippen molar-refractivity contribution in [3.8, 4) is 11.5 Å². The lowest BCUT2D eigenvalue weighted by atomic mass is 10.1. The van der Waals surface area contributed by atoms with E-state index in [0.29, 0.717) is 23.3 Å². The first kappa shape index (κ1) is 25.0. The van der Waals surface area contributed by atoms with Gasteiger partial charge in [0.25, 0.3) is 5.69 Å². The summed E-state index contributed by atoms with van der Waals surface area (Å²) < 4.78 is 49.7. The average Bonchev–Trinajstić information content (AvgIpc) is 3.19. The fraction of sp³-hybridized carbons (Fsp3) is 0.0833. The highest BCUT2D eigenvalue weighted by Gasteiger charge is 2.33. The lowest BCUT2D eigenvalue weighted by molar-refractivity contribution is -0.385. The quantitative estimate of drug-likeness (QED) is 0.172. The number of rotatable bonds is 6. The Morgan fingerprint density at radius 1 is 0.946 bits per heavy atom. The number of carbonyl (C=O) groups excluding carboxylic acids is 1. The maximum atomic E-state index is 13.0. The molecule has 0 radical (unpaired) electrons. The summed E-state index contributed by atoms with van der Waals surface area (Å²) in [4.78, 5) is 37.4. The van der Waals surface area contributed by atoms with Gasteiger partial charge in [0.15, 0.2) is 5.70 Å². The summed E-state index contributed by atoms with van der Waals surface area (Å²) in [5, 5.41) is 22.4. The Bertz CT molecular complexity index is 1510. The number of aliphatic imine (C=N–C) groups is 1. The van der Waals surface area contributed by atoms with E-state index in [2.05, 4.69) is 4.99 Å². The minimum Gasteiger partial charge on any atom is -0.449 e. The second-order valence-electron chi connectivity index (χ2n) is 7.67. The number of nitrogens with zero attached hydrogens (tertiary/aromatic N) is 3. The van der Waals surface area contributed by atoms with Crippen LogP contribution in [0, 0.1) is 27.2 Å². The van der Waals surface area contributed by atoms with Crippen LogP contribution in [0.5, 0.6) is 11.5 Å². The Hall–Kier alpha value is -5.07. The molecule has 188 valence electrons. The van der Waals surface area contributed by atoms with E-state index in [9.17, 15) is 38.2 Å². The van der Waals surface area contributed by atoms with E-state index in [1.165, 1.54) is 49.4 Å². The van der Waals surface area contributed by atoms with Crippen molar-refractivity contribution in [3.05, 3.63) is 109 Å². The highest BCUT2D eigenvalue weighted by atomic mass is 19.4. The van der Waals surface area contributed by atoms with Crippen LogP contribution in [0.4, 0.5) is 24.5 Å². The second-order valence-corrected chi connectivity index (χ2v) is 7.67. The van der Waals surface area contributed by atoms with Crippen molar-refractivity contribution in [2.45, 2.75) is 13.1 Å². The van der Waals surface area contributed by atoms with Crippen molar-refractivity contribution in [2.75, 3.05) is 0 Å². The van der Waals surface area contributed by atoms with Crippen LogP contribution in [0.1, 0.15) is 22.3 Å². The first-order valence-electron chi connectivity index (χ1n) is 10.3. The molecule has 3 aromatic carbocycles. The van der Waals surface area contributed by atoms with Crippen LogP contribution in [-0.4, -0.2) is 21.7 Å². The number of ether oxygens (including phenoxy) is 2. The number of hydrogen-bond acceptors (Lipinski definition) is 8. The molecule has 0 N–H and O–H groups in total. The van der Waals surface area contributed by atoms with Crippen molar-refractivity contribution < 1.29 is 37.3 Å². The summed E-state index contributed by atoms with van der Waals surface area (Å²) in [6, 6.07) is 11.9. The van der Waals surface area contributed by atoms with Crippen molar-refractivity contribution >= 4 is 29.3 Å². The summed E-state index contributed by atoms with van der Waals surface area (Å²) in [5.74, 6) is -1.36. The van der Waals surface area contributed by atoms with Gasteiger partial charge < -0.3 is 9.47 Å². The van der Waals surface area contributed by atoms with E-state index in [0.717, 1.165) is 6.07 Å². The van der Waals surface area contributed by atoms with Gasteiger partial charge in [0.1, 0.15) is 5.75 Å². The lowest BCUT2D eigenvalue weighted by Crippen LogP contribution is -2.06. The standard InChI is InChI=1S/C24H14F3N3O7/c1-13-10-15(6-8-18(13)29(32)33)22-28-17(23(31)37-22)11-14-4-2-3-5-20(14)36-21-9-7-16(24(25,26)27)12-19(21)30(34)35/h2-12H,1H3/b17-11-. The highest BCUT2D eigenvalue weighted by molar-refractivity contribution is 6.13. The van der Waals surface area contributed by atoms with Crippen LogP contribution in [0.15, 0.2) is 71.4 Å². The second kappa shape index (κ2) is 9.53. The number of alkyl halides is 3. The third kappa shape index (κ3) is 5.29. The molecule has 1 aliphatic heterocycles. The third-order valence-electron chi connectivity index (χ3n) is 5.18. The summed E-state index contributed by atoms with van der Waals surface area (Å²) in [7, 11) is 0. The van der Waals surface area contributed by atoms with E-state index in [4.69, 9.17) is 9.47 Å². The molecule has 4 rings (SSSR count). The van der Waals surface area contributed by atoms with E-state index < -0.39 is 39.0 Å². The molecule has 1 heterocycles. The molecule has 3 aromatic rings. The van der Waals surface area contributed by atoms with Gasteiger partial charge in [-0.3, -0.25) is 20.2 Å². The fourth-order valence-corrected chi connectivity index (χ4v) is 3.41. The molecule has 0 amide bonds. The molecule has 0 saturated heterocycles. The van der Waals surface area contributed by atoms with Gasteiger partial charge in [0.2, 0.25) is 11.6 Å². The number of carbonyl (C=O) groups is 1. The Labute approximate surface area is 205 Å². The topological polar surface area (TPSA) is 134 Å². The Kier molecular flexibility index (Phi) is 6.45. The molecular formula is C24H14F3N3O7. The van der Waals surface area contributed by atoms with Gasteiger partial charge in [-0.15, -0.1) is 0 Å². The lowest BCUT2D eigenvalue weighted by Gasteiger charge is -2.11. The summed E-state index contributed by atoms with van der Waals surface area (Å²) in [6.45, 7) is 1.52. The minimum atomic E-state index is -4.79. The van der Waals surface area contributed by atoms with Gasteiger partial charge in [-0.2, -0.15) is 13.2 Å². The number of esters is 1. The van der Waals surface area contributed by atoms with Crippen molar-refractivity contribution in [2.24, 2.45) is 4.99 Å². The van der Waals surface area contributed by atoms with Gasteiger partial charge >= 0.3 is 17.8 Å². The Morgan fingerprint density at radius 2 is 1.65 bits per heavy atom. The zero-order chi connectivity index (χ0) is 26.9. The average molecular weight is 513 g/mol. The Morgan fingerprint density at radius 3 is 2.30 bits per heavy atom. The van der Waals surface area contributed by atoms with Gasteiger partial charge in [-0.25, -0.2) is 9.79 Å². The van der Waals surface area contributed by atoms with Crippen molar-refractivity contribution in [1.82, 2.24) is 0 Å². The van der Waals surface area contributed by atoms with E-state index in [1.54, 1.807) is 6.07 Å². The number of benzene rings is 3. The number of nitro benzene ring substituents is 2. The molecule has 0 atom stereocenters. The molecule has 0 aliphatic carbocycles. The molecule has 0 unspecified atom stereocenters. The monoisotopic (exact) mass is 513 g/mol. The van der Waals surface area contributed by atoms with E-state index in [1.807, 2.05) is 0 Å². The first-order valence-corrected chi connectivity index (χ1v) is 10.3. The maximum Gasteiger partial charge on any atom is 0.416 e. The van der Waals surface area contributed by atoms with Crippen LogP contribution in [0.3, 0.4) is 0 Å². The van der Waals surface area contributed by atoms with Crippen LogP contribution >= 0.6 is 0 Å². The van der Waals surface area contributed by atoms with Crippen molar-refractivity contribution in [1.29, 1.82) is 0 Å². The fourth-order valence-electron chi connectivity index (χ4n) is 3.41. The predicted octanol–water partition coefficient (Wildman–Crippen LogP) is 5.97. The van der Waals surface area contributed by atoms with Crippen molar-refractivity contribution in [3.63, 3.8) is 0 Å². The Balaban J connectivity index is 1.68. The molecule has 37 heavy (non-hydrogen) atoms. The molecule has 10 nitrogen and oxygen atoms in total. The number of para-hydroxylation sites is 1. The van der Waals surface area contributed by atoms with Crippen LogP contribution in [-0.2, 0) is 15.7 Å². The molecule has 0 saturated carbocycles. The largest absolute Gasteiger partial charge is 0.449 e. The van der Waals surface area contributed by atoms with E-state index in [-0.39, 0.29) is 28.6 Å². The van der Waals surface area contributed by atoms with Gasteiger partial charge in [-0.05, 0) is 43.3 Å². The zero-order valence-electron chi connectivity index (χ0n) is 18.7. The summed E-state index contributed by atoms with van der Waals surface area (Å²) in [6.07, 6.45) is -3.51. The van der Waals surface area contributed by atoms with E-state index >= 15 is 0 Å². The molecule has 13 heteroatoms. The molecule has 0 aromatic heterocycles. The molecule has 0 bridgehead atoms. The molecule has 0 fully saturated rings. The number of aryl methyl sites for hydroxylation is 1. The smallest absolute Gasteiger partial charge is 0.416 e. The molecule has 1 aliphatic rings. The van der Waals surface area contributed by atoms with Crippen LogP contribution < -0.4 is 4.74 Å². The SMILES string of the molecule is Cc1cc(C2=N/C(=C\c3ccccc3Oc3ccc(C(F)(F)F)cc3[N+](=O)[O-])C(=O)O2)ccc1[N+](=O)[O-]. The zero-order valence-corrected chi connectivity index (χ0v) is 18.7. The minimum absolute atomic E-state index is 0.000453. The number of halogens is 3. The van der Waals surface area contributed by atoms with Gasteiger partial charge in [0.05, 0.1) is 15.4 Å². The van der Waals surface area contributed by atoms with Gasteiger partial charge in [0, 0.05) is 28.8 Å². The van der Waals surface area contributed by atoms with Crippen LogP contribution in [0.2, 0.25) is 0 Å². The summed E-state index contributed by atoms with van der Waals surface area (Å²) >= 11 is 0. The number of hydrogen-bond donors (Lipinski definition) is 0. The van der Waals surface area contributed by atoms with Gasteiger partial charge in [-0.1, -0.05) is 18.2 Å². The first-order chi connectivity index (χ1) is 17.4. The third-order valence-corrected chi connectivity index (χ3v) is 5.18.